The molecule has 0 aromatic carbocycles. The van der Waals surface area contributed by atoms with Crippen molar-refractivity contribution in [3.63, 3.8) is 0 Å². The van der Waals surface area contributed by atoms with E-state index in [1.807, 2.05) is 25.1 Å². The van der Waals surface area contributed by atoms with Gasteiger partial charge in [-0.3, -0.25) is 0 Å². The molecule has 0 saturated carbocycles. The normalized spacial score (nSPS) is 10.2. The summed E-state index contributed by atoms with van der Waals surface area (Å²) in [5, 5.41) is 8.07. The van der Waals surface area contributed by atoms with E-state index in [1.54, 1.807) is 20.7 Å². The largest absolute Gasteiger partial charge is 0.155 e. The van der Waals surface area contributed by atoms with E-state index >= 15 is 0 Å². The Morgan fingerprint density at radius 3 is 2.62 bits per heavy atom. The zero-order valence-corrected chi connectivity index (χ0v) is 9.30. The minimum absolute atomic E-state index is 0.905. The van der Waals surface area contributed by atoms with Crippen LogP contribution in [0.4, 0.5) is 0 Å². The molecule has 2 aromatic rings. The van der Waals surface area contributed by atoms with Gasteiger partial charge in [-0.05, 0) is 25.1 Å². The average Bonchev–Trinajstić information content (AvgIpc) is 2.53. The molecule has 0 unspecified atom stereocenters. The van der Waals surface area contributed by atoms with Crippen molar-refractivity contribution in [2.24, 2.45) is 0 Å². The predicted molar refractivity (Wildman–Crippen MR) is 58.8 cm³/mol. The first kappa shape index (κ1) is 8.93. The third kappa shape index (κ3) is 1.99. The van der Waals surface area contributed by atoms with Gasteiger partial charge in [-0.15, -0.1) is 5.10 Å². The third-order valence-electron chi connectivity index (χ3n) is 1.51. The molecule has 0 spiro atoms. The molecule has 0 atom stereocenters. The summed E-state index contributed by atoms with van der Waals surface area (Å²) < 4.78 is 0.905. The SMILES string of the molecule is Cc1ccc(-c2cc(=S)ss2)nn1. The topological polar surface area (TPSA) is 25.8 Å². The average molecular weight is 226 g/mol. The summed E-state index contributed by atoms with van der Waals surface area (Å²) in [6.45, 7) is 1.92. The van der Waals surface area contributed by atoms with Crippen molar-refractivity contribution in [1.82, 2.24) is 10.2 Å². The zero-order valence-electron chi connectivity index (χ0n) is 6.85. The van der Waals surface area contributed by atoms with Crippen LogP contribution >= 0.6 is 32.9 Å². The first-order valence-corrected chi connectivity index (χ1v) is 6.22. The summed E-state index contributed by atoms with van der Waals surface area (Å²) in [4.78, 5) is 1.10. The van der Waals surface area contributed by atoms with Crippen LogP contribution < -0.4 is 0 Å². The van der Waals surface area contributed by atoms with E-state index in [4.69, 9.17) is 12.2 Å². The number of nitrogens with zero attached hydrogens (tertiary/aromatic N) is 2. The molecule has 0 radical (unpaired) electrons. The Morgan fingerprint density at radius 1 is 1.23 bits per heavy atom. The second-order valence-electron chi connectivity index (χ2n) is 2.55. The van der Waals surface area contributed by atoms with Gasteiger partial charge in [0.2, 0.25) is 0 Å². The van der Waals surface area contributed by atoms with E-state index in [1.165, 1.54) is 0 Å². The maximum atomic E-state index is 5.04. The molecule has 0 aliphatic rings. The molecule has 2 aromatic heterocycles. The van der Waals surface area contributed by atoms with Gasteiger partial charge in [0.05, 0.1) is 10.6 Å². The second kappa shape index (κ2) is 3.61. The van der Waals surface area contributed by atoms with Gasteiger partial charge < -0.3 is 0 Å². The van der Waals surface area contributed by atoms with Crippen LogP contribution in [0.3, 0.4) is 0 Å². The fourth-order valence-electron chi connectivity index (χ4n) is 0.888. The van der Waals surface area contributed by atoms with Gasteiger partial charge in [-0.25, -0.2) is 0 Å². The Morgan fingerprint density at radius 2 is 2.08 bits per heavy atom. The van der Waals surface area contributed by atoms with Crippen LogP contribution in [0.2, 0.25) is 0 Å². The molecule has 2 heterocycles. The monoisotopic (exact) mass is 226 g/mol. The molecule has 2 rings (SSSR count). The van der Waals surface area contributed by atoms with Gasteiger partial charge in [0.15, 0.2) is 0 Å². The number of aryl methyl sites for hydroxylation is 1. The fraction of sp³-hybridized carbons (Fsp3) is 0.125. The minimum Gasteiger partial charge on any atom is -0.155 e. The lowest BCUT2D eigenvalue weighted by Gasteiger charge is -1.93. The maximum absolute atomic E-state index is 5.04. The lowest BCUT2D eigenvalue weighted by atomic mass is 10.3. The van der Waals surface area contributed by atoms with Gasteiger partial charge in [0.25, 0.3) is 0 Å². The van der Waals surface area contributed by atoms with E-state index < -0.39 is 0 Å². The van der Waals surface area contributed by atoms with Crippen LogP contribution in [0.5, 0.6) is 0 Å². The summed E-state index contributed by atoms with van der Waals surface area (Å²) in [5.74, 6) is 0. The Labute approximate surface area is 88.3 Å². The number of rotatable bonds is 1. The first-order valence-electron chi connectivity index (χ1n) is 3.66. The van der Waals surface area contributed by atoms with Crippen molar-refractivity contribution >= 4 is 32.9 Å². The van der Waals surface area contributed by atoms with Gasteiger partial charge in [0, 0.05) is 0 Å². The van der Waals surface area contributed by atoms with E-state index in [2.05, 4.69) is 10.2 Å². The summed E-state index contributed by atoms with van der Waals surface area (Å²) in [6, 6.07) is 5.88. The van der Waals surface area contributed by atoms with Crippen LogP contribution in [-0.4, -0.2) is 10.2 Å². The molecule has 0 aliphatic carbocycles. The van der Waals surface area contributed by atoms with E-state index in [0.29, 0.717) is 0 Å². The number of hydrogen-bond acceptors (Lipinski definition) is 5. The first-order chi connectivity index (χ1) is 6.25. The Bertz CT molecular complexity index is 455. The fourth-order valence-corrected chi connectivity index (χ4v) is 3.22. The Kier molecular flexibility index (Phi) is 2.48. The molecular formula is C8H6N2S3. The van der Waals surface area contributed by atoms with Crippen LogP contribution in [0, 0.1) is 10.7 Å². The molecule has 66 valence electrons. The number of aromatic nitrogens is 2. The zero-order chi connectivity index (χ0) is 9.26. The summed E-state index contributed by atoms with van der Waals surface area (Å²) in [6.07, 6.45) is 0. The third-order valence-corrected chi connectivity index (χ3v) is 4.40. The molecule has 5 heteroatoms. The molecule has 13 heavy (non-hydrogen) atoms. The van der Waals surface area contributed by atoms with Crippen LogP contribution in [0.25, 0.3) is 10.6 Å². The van der Waals surface area contributed by atoms with Crippen LogP contribution in [0.1, 0.15) is 5.69 Å². The van der Waals surface area contributed by atoms with Crippen LogP contribution in [0.15, 0.2) is 18.2 Å². The van der Waals surface area contributed by atoms with Gasteiger partial charge in [-0.2, -0.15) is 5.10 Å². The van der Waals surface area contributed by atoms with Crippen molar-refractivity contribution in [3.8, 4) is 10.6 Å². The highest BCUT2D eigenvalue weighted by molar-refractivity contribution is 7.80. The standard InChI is InChI=1S/C8H6N2S3/c1-5-2-3-6(10-9-5)7-4-8(11)13-12-7/h2-4H,1H3. The van der Waals surface area contributed by atoms with Crippen molar-refractivity contribution in [2.75, 3.05) is 0 Å². The highest BCUT2D eigenvalue weighted by Gasteiger charge is 2.01. The van der Waals surface area contributed by atoms with E-state index in [0.717, 1.165) is 20.1 Å². The van der Waals surface area contributed by atoms with Gasteiger partial charge in [-0.1, -0.05) is 32.9 Å². The van der Waals surface area contributed by atoms with Crippen LogP contribution in [-0.2, 0) is 0 Å². The summed E-state index contributed by atoms with van der Waals surface area (Å²) in [5.41, 5.74) is 1.84. The van der Waals surface area contributed by atoms with Gasteiger partial charge in [0.1, 0.15) is 9.52 Å². The molecule has 0 N–H and O–H groups in total. The number of hydrogen-bond donors (Lipinski definition) is 0. The molecule has 0 bridgehead atoms. The highest BCUT2D eigenvalue weighted by atomic mass is 32.9. The van der Waals surface area contributed by atoms with E-state index in [-0.39, 0.29) is 0 Å². The molecule has 2 nitrogen and oxygen atoms in total. The van der Waals surface area contributed by atoms with Crippen molar-refractivity contribution in [1.29, 1.82) is 0 Å². The molecule has 0 fully saturated rings. The summed E-state index contributed by atoms with van der Waals surface area (Å²) >= 11 is 5.04. The molecule has 0 saturated heterocycles. The smallest absolute Gasteiger partial charge is 0.104 e. The highest BCUT2D eigenvalue weighted by Crippen LogP contribution is 2.27. The quantitative estimate of drug-likeness (QED) is 0.551. The Hall–Kier alpha value is -0.650. The van der Waals surface area contributed by atoms with E-state index in [9.17, 15) is 0 Å². The van der Waals surface area contributed by atoms with Crippen molar-refractivity contribution in [3.05, 3.63) is 27.7 Å². The minimum atomic E-state index is 0.905. The maximum Gasteiger partial charge on any atom is 0.104 e. The second-order valence-corrected chi connectivity index (χ2v) is 5.47. The molecule has 0 aliphatic heterocycles. The summed E-state index contributed by atoms with van der Waals surface area (Å²) in [7, 11) is 3.24. The van der Waals surface area contributed by atoms with Crippen molar-refractivity contribution < 1.29 is 0 Å². The van der Waals surface area contributed by atoms with Crippen molar-refractivity contribution in [2.45, 2.75) is 6.92 Å². The van der Waals surface area contributed by atoms with Gasteiger partial charge >= 0.3 is 0 Å². The molecule has 0 amide bonds. The Balaban J connectivity index is 2.47. The lowest BCUT2D eigenvalue weighted by Crippen LogP contribution is -1.86. The molecular weight excluding hydrogens is 220 g/mol. The lowest BCUT2D eigenvalue weighted by molar-refractivity contribution is 0.989. The predicted octanol–water partition coefficient (Wildman–Crippen LogP) is 3.30.